The lowest BCUT2D eigenvalue weighted by molar-refractivity contribution is 0.426. The Balaban J connectivity index is 0.00000108. The summed E-state index contributed by atoms with van der Waals surface area (Å²) in [5, 5.41) is 20.4. The molecule has 3 rings (SSSR count). The zero-order valence-corrected chi connectivity index (χ0v) is 8.51. The quantitative estimate of drug-likeness (QED) is 0.553. The molecule has 0 aliphatic heterocycles. The normalized spacial score (nSPS) is 10.5. The molecule has 2 aromatic carbocycles. The van der Waals surface area contributed by atoms with Crippen molar-refractivity contribution in [2.75, 3.05) is 0 Å². The molecule has 4 heteroatoms. The second-order valence-corrected chi connectivity index (χ2v) is 3.85. The predicted molar refractivity (Wildman–Crippen MR) is 72.4 cm³/mol. The molecule has 0 saturated heterocycles. The zero-order valence-electron chi connectivity index (χ0n) is 8.51. The van der Waals surface area contributed by atoms with Crippen molar-refractivity contribution >= 4 is 34.4 Å². The van der Waals surface area contributed by atoms with Gasteiger partial charge in [-0.2, -0.15) is 0 Å². The van der Waals surface area contributed by atoms with E-state index in [9.17, 15) is 0 Å². The number of aromatic amines is 1. The third-order valence-electron chi connectivity index (χ3n) is 2.83. The van der Waals surface area contributed by atoms with Crippen molar-refractivity contribution in [3.05, 3.63) is 42.5 Å². The molecule has 17 heavy (non-hydrogen) atoms. The molecule has 0 saturated carbocycles. The van der Waals surface area contributed by atoms with Gasteiger partial charge in [-0.3, -0.25) is 0 Å². The number of hydrogen-bond donors (Lipinski definition) is 3. The average Bonchev–Trinajstić information content (AvgIpc) is 2.66. The van der Waals surface area contributed by atoms with Crippen LogP contribution in [-0.4, -0.2) is 22.2 Å². The Morgan fingerprint density at radius 1 is 0.882 bits per heavy atom. The highest BCUT2D eigenvalue weighted by Crippen LogP contribution is 2.23. The standard InChI is InChI=1S/C12H10BNO2.CH4/c15-13(16)8-5-6-12-10(7-8)9-3-1-2-4-11(9)14-12;/h1-7,14-16H;1H4. The maximum atomic E-state index is 9.14. The van der Waals surface area contributed by atoms with E-state index in [0.29, 0.717) is 5.46 Å². The molecule has 3 aromatic rings. The molecule has 0 aliphatic rings. The summed E-state index contributed by atoms with van der Waals surface area (Å²) in [6.07, 6.45) is 0. The highest BCUT2D eigenvalue weighted by molar-refractivity contribution is 6.59. The van der Waals surface area contributed by atoms with Gasteiger partial charge in [-0.1, -0.05) is 37.8 Å². The van der Waals surface area contributed by atoms with Gasteiger partial charge in [-0.25, -0.2) is 0 Å². The van der Waals surface area contributed by atoms with Gasteiger partial charge in [0, 0.05) is 21.8 Å². The second-order valence-electron chi connectivity index (χ2n) is 3.85. The lowest BCUT2D eigenvalue weighted by atomic mass is 9.80. The van der Waals surface area contributed by atoms with Crippen LogP contribution in [0.2, 0.25) is 0 Å². The minimum atomic E-state index is -1.42. The van der Waals surface area contributed by atoms with E-state index in [1.54, 1.807) is 12.1 Å². The molecule has 0 radical (unpaired) electrons. The molecule has 0 spiro atoms. The number of nitrogens with one attached hydrogen (secondary N) is 1. The molecule has 0 aliphatic carbocycles. The zero-order chi connectivity index (χ0) is 11.1. The minimum absolute atomic E-state index is 0. The molecule has 0 unspecified atom stereocenters. The van der Waals surface area contributed by atoms with Crippen LogP contribution >= 0.6 is 0 Å². The summed E-state index contributed by atoms with van der Waals surface area (Å²) >= 11 is 0. The van der Waals surface area contributed by atoms with E-state index in [1.807, 2.05) is 30.3 Å². The first-order valence-corrected chi connectivity index (χ1v) is 5.12. The fourth-order valence-corrected chi connectivity index (χ4v) is 2.03. The Kier molecular flexibility index (Phi) is 2.92. The Labute approximate surface area is 99.9 Å². The van der Waals surface area contributed by atoms with Crippen LogP contribution in [0.25, 0.3) is 21.8 Å². The van der Waals surface area contributed by atoms with Gasteiger partial charge in [0.05, 0.1) is 0 Å². The van der Waals surface area contributed by atoms with Gasteiger partial charge >= 0.3 is 7.12 Å². The number of rotatable bonds is 1. The fourth-order valence-electron chi connectivity index (χ4n) is 2.03. The minimum Gasteiger partial charge on any atom is -0.423 e. The van der Waals surface area contributed by atoms with Crippen molar-refractivity contribution in [2.24, 2.45) is 0 Å². The molecule has 86 valence electrons. The van der Waals surface area contributed by atoms with Gasteiger partial charge < -0.3 is 15.0 Å². The summed E-state index contributed by atoms with van der Waals surface area (Å²) in [7, 11) is -1.42. The van der Waals surface area contributed by atoms with Crippen LogP contribution in [0.1, 0.15) is 7.43 Å². The van der Waals surface area contributed by atoms with Gasteiger partial charge in [0.2, 0.25) is 0 Å². The Morgan fingerprint density at radius 2 is 1.59 bits per heavy atom. The molecule has 1 aromatic heterocycles. The monoisotopic (exact) mass is 227 g/mol. The van der Waals surface area contributed by atoms with E-state index in [4.69, 9.17) is 10.0 Å². The molecule has 1 heterocycles. The summed E-state index contributed by atoms with van der Waals surface area (Å²) in [6.45, 7) is 0. The summed E-state index contributed by atoms with van der Waals surface area (Å²) < 4.78 is 0. The van der Waals surface area contributed by atoms with Crippen LogP contribution in [0, 0.1) is 0 Å². The highest BCUT2D eigenvalue weighted by atomic mass is 16.4. The summed E-state index contributed by atoms with van der Waals surface area (Å²) in [4.78, 5) is 3.28. The molecular formula is C13H14BNO2. The van der Waals surface area contributed by atoms with Gasteiger partial charge in [-0.15, -0.1) is 0 Å². The maximum absolute atomic E-state index is 9.14. The molecule has 3 N–H and O–H groups in total. The number of H-pyrrole nitrogens is 1. The Hall–Kier alpha value is -1.78. The Bertz CT molecular complexity index is 661. The Morgan fingerprint density at radius 3 is 2.35 bits per heavy atom. The molecule has 0 atom stereocenters. The highest BCUT2D eigenvalue weighted by Gasteiger charge is 2.12. The summed E-state index contributed by atoms with van der Waals surface area (Å²) in [5.74, 6) is 0. The second kappa shape index (κ2) is 4.24. The molecule has 0 amide bonds. The third kappa shape index (κ3) is 1.81. The molecule has 3 nitrogen and oxygen atoms in total. The van der Waals surface area contributed by atoms with Crippen molar-refractivity contribution in [3.8, 4) is 0 Å². The van der Waals surface area contributed by atoms with Crippen molar-refractivity contribution in [2.45, 2.75) is 7.43 Å². The first-order valence-electron chi connectivity index (χ1n) is 5.12. The van der Waals surface area contributed by atoms with E-state index in [2.05, 4.69) is 4.98 Å². The average molecular weight is 227 g/mol. The summed E-state index contributed by atoms with van der Waals surface area (Å²) in [5.41, 5.74) is 2.57. The van der Waals surface area contributed by atoms with Crippen LogP contribution in [0.5, 0.6) is 0 Å². The van der Waals surface area contributed by atoms with Crippen molar-refractivity contribution in [1.29, 1.82) is 0 Å². The first kappa shape index (κ1) is 11.7. The van der Waals surface area contributed by atoms with Gasteiger partial charge in [-0.05, 0) is 17.6 Å². The van der Waals surface area contributed by atoms with E-state index in [0.717, 1.165) is 21.8 Å². The first-order chi connectivity index (χ1) is 7.75. The SMILES string of the molecule is C.OB(O)c1ccc2[nH]c3ccccc3c2c1. The topological polar surface area (TPSA) is 56.2 Å². The third-order valence-corrected chi connectivity index (χ3v) is 2.83. The number of benzene rings is 2. The van der Waals surface area contributed by atoms with Crippen LogP contribution in [-0.2, 0) is 0 Å². The number of aromatic nitrogens is 1. The van der Waals surface area contributed by atoms with Gasteiger partial charge in [0.1, 0.15) is 0 Å². The van der Waals surface area contributed by atoms with Gasteiger partial charge in [0.15, 0.2) is 0 Å². The van der Waals surface area contributed by atoms with Crippen LogP contribution < -0.4 is 5.46 Å². The van der Waals surface area contributed by atoms with Gasteiger partial charge in [0.25, 0.3) is 0 Å². The van der Waals surface area contributed by atoms with E-state index in [-0.39, 0.29) is 7.43 Å². The van der Waals surface area contributed by atoms with Crippen molar-refractivity contribution < 1.29 is 10.0 Å². The molecule has 0 fully saturated rings. The number of para-hydroxylation sites is 1. The maximum Gasteiger partial charge on any atom is 0.488 e. The van der Waals surface area contributed by atoms with E-state index >= 15 is 0 Å². The van der Waals surface area contributed by atoms with E-state index in [1.165, 1.54) is 0 Å². The fraction of sp³-hybridized carbons (Fsp3) is 0.0769. The van der Waals surface area contributed by atoms with Crippen molar-refractivity contribution in [3.63, 3.8) is 0 Å². The molecule has 0 bridgehead atoms. The number of fused-ring (bicyclic) bond motifs is 3. The predicted octanol–water partition coefficient (Wildman–Crippen LogP) is 1.64. The number of hydrogen-bond acceptors (Lipinski definition) is 2. The summed E-state index contributed by atoms with van der Waals surface area (Å²) in [6, 6.07) is 13.3. The van der Waals surface area contributed by atoms with E-state index < -0.39 is 7.12 Å². The largest absolute Gasteiger partial charge is 0.488 e. The van der Waals surface area contributed by atoms with Crippen LogP contribution in [0.3, 0.4) is 0 Å². The lowest BCUT2D eigenvalue weighted by Gasteiger charge is -1.98. The lowest BCUT2D eigenvalue weighted by Crippen LogP contribution is -2.29. The van der Waals surface area contributed by atoms with Crippen LogP contribution in [0.4, 0.5) is 0 Å². The van der Waals surface area contributed by atoms with Crippen LogP contribution in [0.15, 0.2) is 42.5 Å². The van der Waals surface area contributed by atoms with Crippen molar-refractivity contribution in [1.82, 2.24) is 4.98 Å². The smallest absolute Gasteiger partial charge is 0.423 e. The molecular weight excluding hydrogens is 213 g/mol.